The Morgan fingerprint density at radius 3 is 2.50 bits per heavy atom. The molecule has 1 aromatic rings. The van der Waals surface area contributed by atoms with Crippen molar-refractivity contribution in [1.29, 1.82) is 5.26 Å². The Kier molecular flexibility index (Phi) is 6.18. The zero-order valence-corrected chi connectivity index (χ0v) is 11.6. The van der Waals surface area contributed by atoms with Gasteiger partial charge in [-0.05, 0) is 38.0 Å². The second kappa shape index (κ2) is 7.90. The molecule has 0 fully saturated rings. The molecule has 0 radical (unpaired) electrons. The van der Waals surface area contributed by atoms with Crippen LogP contribution in [-0.4, -0.2) is 18.4 Å². The average Bonchev–Trinajstić information content (AvgIpc) is 2.44. The lowest BCUT2D eigenvalue weighted by Gasteiger charge is -2.09. The summed E-state index contributed by atoms with van der Waals surface area (Å²) in [6.07, 6.45) is 3.90. The molecule has 4 heteroatoms. The fourth-order valence-corrected chi connectivity index (χ4v) is 1.68. The molecule has 0 saturated carbocycles. The quantitative estimate of drug-likeness (QED) is 0.589. The monoisotopic (exact) mass is 271 g/mol. The first-order valence-corrected chi connectivity index (χ1v) is 6.42. The number of nitriles is 1. The highest BCUT2D eigenvalue weighted by molar-refractivity contribution is 5.97. The minimum Gasteiger partial charge on any atom is -0.465 e. The summed E-state index contributed by atoms with van der Waals surface area (Å²) in [6, 6.07) is 9.09. The molecule has 0 aliphatic carbocycles. The molecule has 104 valence electrons. The van der Waals surface area contributed by atoms with Gasteiger partial charge in [-0.15, -0.1) is 0 Å². The Morgan fingerprint density at radius 2 is 2.00 bits per heavy atom. The highest BCUT2D eigenvalue weighted by atomic mass is 16.5. The van der Waals surface area contributed by atoms with Crippen molar-refractivity contribution in [3.63, 3.8) is 0 Å². The van der Waals surface area contributed by atoms with Gasteiger partial charge in [-0.25, -0.2) is 0 Å². The molecule has 0 amide bonds. The first-order valence-electron chi connectivity index (χ1n) is 6.42. The van der Waals surface area contributed by atoms with Crippen LogP contribution in [0.15, 0.2) is 30.3 Å². The molecule has 1 atom stereocenters. The van der Waals surface area contributed by atoms with Crippen LogP contribution < -0.4 is 0 Å². The van der Waals surface area contributed by atoms with Crippen molar-refractivity contribution in [1.82, 2.24) is 0 Å². The molecule has 0 bridgehead atoms. The number of esters is 1. The van der Waals surface area contributed by atoms with E-state index in [1.54, 1.807) is 25.1 Å². The summed E-state index contributed by atoms with van der Waals surface area (Å²) < 4.78 is 4.87. The Hall–Kier alpha value is -2.41. The normalized spacial score (nSPS) is 11.8. The van der Waals surface area contributed by atoms with Crippen molar-refractivity contribution < 1.29 is 14.3 Å². The minimum atomic E-state index is -0.746. The lowest BCUT2D eigenvalue weighted by atomic mass is 10.0. The van der Waals surface area contributed by atoms with Gasteiger partial charge in [-0.3, -0.25) is 9.59 Å². The van der Waals surface area contributed by atoms with Crippen LogP contribution in [0.2, 0.25) is 0 Å². The number of carbonyl (C=O) groups is 2. The maximum Gasteiger partial charge on any atom is 0.316 e. The van der Waals surface area contributed by atoms with Crippen LogP contribution in [0.3, 0.4) is 0 Å². The Morgan fingerprint density at radius 1 is 1.35 bits per heavy atom. The van der Waals surface area contributed by atoms with Crippen LogP contribution in [0, 0.1) is 17.2 Å². The topological polar surface area (TPSA) is 67.2 Å². The molecular weight excluding hydrogens is 254 g/mol. The molecule has 0 saturated heterocycles. The molecule has 0 spiro atoms. The van der Waals surface area contributed by atoms with Crippen molar-refractivity contribution in [2.45, 2.75) is 20.3 Å². The number of rotatable bonds is 6. The van der Waals surface area contributed by atoms with E-state index in [0.717, 1.165) is 5.56 Å². The molecule has 1 rings (SSSR count). The Bertz CT molecular complexity index is 538. The van der Waals surface area contributed by atoms with Gasteiger partial charge in [-0.1, -0.05) is 24.3 Å². The van der Waals surface area contributed by atoms with Gasteiger partial charge >= 0.3 is 5.97 Å². The molecule has 4 nitrogen and oxygen atoms in total. The molecule has 1 unspecified atom stereocenters. The van der Waals surface area contributed by atoms with E-state index in [2.05, 4.69) is 0 Å². The first kappa shape index (κ1) is 15.6. The number of ether oxygens (including phenoxy) is 1. The van der Waals surface area contributed by atoms with Gasteiger partial charge in [0.15, 0.2) is 0 Å². The highest BCUT2D eigenvalue weighted by Gasteiger charge is 2.22. The smallest absolute Gasteiger partial charge is 0.316 e. The molecule has 0 heterocycles. The van der Waals surface area contributed by atoms with E-state index >= 15 is 0 Å². The minimum absolute atomic E-state index is 0.201. The molecule has 0 N–H and O–H groups in total. The van der Waals surface area contributed by atoms with Crippen molar-refractivity contribution in [2.75, 3.05) is 6.61 Å². The summed E-state index contributed by atoms with van der Waals surface area (Å²) in [4.78, 5) is 23.0. The van der Waals surface area contributed by atoms with Crippen LogP contribution in [0.5, 0.6) is 0 Å². The molecule has 20 heavy (non-hydrogen) atoms. The highest BCUT2D eigenvalue weighted by Crippen LogP contribution is 2.11. The molecular formula is C16H17NO3. The van der Waals surface area contributed by atoms with Crippen LogP contribution in [0.1, 0.15) is 31.4 Å². The zero-order valence-electron chi connectivity index (χ0n) is 11.6. The average molecular weight is 271 g/mol. The predicted molar refractivity (Wildman–Crippen MR) is 75.6 cm³/mol. The summed E-state index contributed by atoms with van der Waals surface area (Å²) in [5.74, 6) is -1.43. The largest absolute Gasteiger partial charge is 0.465 e. The third-order valence-electron chi connectivity index (χ3n) is 2.78. The maximum atomic E-state index is 11.6. The SMILES string of the molecule is CCOC(=O)C(C/C=C/c1ccc(C#N)cc1)C(C)=O. The van der Waals surface area contributed by atoms with E-state index in [1.807, 2.05) is 24.3 Å². The van der Waals surface area contributed by atoms with Crippen molar-refractivity contribution >= 4 is 17.8 Å². The number of hydrogen-bond acceptors (Lipinski definition) is 4. The fourth-order valence-electron chi connectivity index (χ4n) is 1.68. The van der Waals surface area contributed by atoms with E-state index in [0.29, 0.717) is 12.0 Å². The lowest BCUT2D eigenvalue weighted by molar-refractivity contribution is -0.150. The second-order valence-electron chi connectivity index (χ2n) is 4.29. The third-order valence-corrected chi connectivity index (χ3v) is 2.78. The number of allylic oxidation sites excluding steroid dienone is 1. The number of hydrogen-bond donors (Lipinski definition) is 0. The first-order chi connectivity index (χ1) is 9.58. The summed E-state index contributed by atoms with van der Waals surface area (Å²) in [7, 11) is 0. The Balaban J connectivity index is 2.66. The van der Waals surface area contributed by atoms with Gasteiger partial charge in [0.25, 0.3) is 0 Å². The number of benzene rings is 1. The lowest BCUT2D eigenvalue weighted by Crippen LogP contribution is -2.23. The van der Waals surface area contributed by atoms with Crippen molar-refractivity contribution in [3.8, 4) is 6.07 Å². The standard InChI is InChI=1S/C16H17NO3/c1-3-20-16(19)15(12(2)18)6-4-5-13-7-9-14(11-17)10-8-13/h4-5,7-10,15H,3,6H2,1-2H3/b5-4+. The van der Waals surface area contributed by atoms with E-state index in [4.69, 9.17) is 10.00 Å². The molecule has 0 aliphatic heterocycles. The van der Waals surface area contributed by atoms with Gasteiger partial charge in [0.1, 0.15) is 11.7 Å². The predicted octanol–water partition coefficient (Wildman–Crippen LogP) is 2.73. The van der Waals surface area contributed by atoms with Gasteiger partial charge in [0.2, 0.25) is 0 Å². The zero-order chi connectivity index (χ0) is 15.0. The van der Waals surface area contributed by atoms with Crippen LogP contribution in [0.4, 0.5) is 0 Å². The van der Waals surface area contributed by atoms with Crippen molar-refractivity contribution in [2.24, 2.45) is 5.92 Å². The van der Waals surface area contributed by atoms with Crippen LogP contribution >= 0.6 is 0 Å². The number of carbonyl (C=O) groups excluding carboxylic acids is 2. The van der Waals surface area contributed by atoms with Gasteiger partial charge in [-0.2, -0.15) is 5.26 Å². The summed E-state index contributed by atoms with van der Waals surface area (Å²) in [5.41, 5.74) is 1.51. The van der Waals surface area contributed by atoms with E-state index in [-0.39, 0.29) is 12.4 Å². The molecule has 0 aliphatic rings. The number of ketones is 1. The summed E-state index contributed by atoms with van der Waals surface area (Å²) in [6.45, 7) is 3.36. The van der Waals surface area contributed by atoms with Gasteiger partial charge in [0.05, 0.1) is 18.2 Å². The molecule has 1 aromatic carbocycles. The number of Topliss-reactive ketones (excluding diaryl/α,β-unsaturated/α-hetero) is 1. The van der Waals surface area contributed by atoms with E-state index < -0.39 is 11.9 Å². The molecule has 0 aromatic heterocycles. The van der Waals surface area contributed by atoms with E-state index in [9.17, 15) is 9.59 Å². The van der Waals surface area contributed by atoms with Crippen LogP contribution in [-0.2, 0) is 14.3 Å². The summed E-state index contributed by atoms with van der Waals surface area (Å²) in [5, 5.41) is 8.69. The number of nitrogens with zero attached hydrogens (tertiary/aromatic N) is 1. The van der Waals surface area contributed by atoms with Gasteiger partial charge in [0, 0.05) is 0 Å². The fraction of sp³-hybridized carbons (Fsp3) is 0.312. The van der Waals surface area contributed by atoms with Gasteiger partial charge < -0.3 is 4.74 Å². The summed E-state index contributed by atoms with van der Waals surface area (Å²) >= 11 is 0. The van der Waals surface area contributed by atoms with Crippen molar-refractivity contribution in [3.05, 3.63) is 41.5 Å². The second-order valence-corrected chi connectivity index (χ2v) is 4.29. The third kappa shape index (κ3) is 4.69. The Labute approximate surface area is 118 Å². The maximum absolute atomic E-state index is 11.6. The van der Waals surface area contributed by atoms with E-state index in [1.165, 1.54) is 6.92 Å². The van der Waals surface area contributed by atoms with Crippen LogP contribution in [0.25, 0.3) is 6.08 Å².